The van der Waals surface area contributed by atoms with Gasteiger partial charge in [0.1, 0.15) is 0 Å². The van der Waals surface area contributed by atoms with Gasteiger partial charge in [-0.15, -0.1) is 0 Å². The van der Waals surface area contributed by atoms with Gasteiger partial charge in [0.2, 0.25) is 0 Å². The number of rotatable bonds is 4. The van der Waals surface area contributed by atoms with Gasteiger partial charge >= 0.3 is 5.97 Å². The minimum Gasteiger partial charge on any atom is -0.504 e. The average Bonchev–Trinajstić information content (AvgIpc) is 2.55. The Labute approximate surface area is 145 Å². The molecule has 0 unspecified atom stereocenters. The van der Waals surface area contributed by atoms with Gasteiger partial charge in [-0.2, -0.15) is 0 Å². The van der Waals surface area contributed by atoms with Crippen molar-refractivity contribution in [1.29, 1.82) is 0 Å². The summed E-state index contributed by atoms with van der Waals surface area (Å²) in [4.78, 5) is 24.9. The van der Waals surface area contributed by atoms with Crippen LogP contribution in [0.4, 0.5) is 0 Å². The van der Waals surface area contributed by atoms with E-state index >= 15 is 0 Å². The minimum atomic E-state index is -0.802. The van der Waals surface area contributed by atoms with Crippen LogP contribution in [0.25, 0.3) is 0 Å². The van der Waals surface area contributed by atoms with Crippen molar-refractivity contribution in [2.45, 2.75) is 38.5 Å². The van der Waals surface area contributed by atoms with Crippen LogP contribution in [-0.2, 0) is 9.53 Å². The molecule has 1 aromatic carbocycles. The second-order valence-corrected chi connectivity index (χ2v) is 8.06. The third-order valence-electron chi connectivity index (χ3n) is 6.27. The van der Waals surface area contributed by atoms with Crippen molar-refractivity contribution in [2.75, 3.05) is 6.61 Å². The van der Waals surface area contributed by atoms with Crippen LogP contribution >= 0.6 is 0 Å². The van der Waals surface area contributed by atoms with Crippen molar-refractivity contribution in [3.8, 4) is 17.2 Å². The second kappa shape index (κ2) is 5.64. The molecule has 0 aromatic heterocycles. The summed E-state index contributed by atoms with van der Waals surface area (Å²) in [5, 5.41) is 28.3. The lowest BCUT2D eigenvalue weighted by molar-refractivity contribution is -0.147. The van der Waals surface area contributed by atoms with Gasteiger partial charge in [-0.1, -0.05) is 0 Å². The van der Waals surface area contributed by atoms with Crippen LogP contribution in [0.2, 0.25) is 0 Å². The SMILES string of the molecule is O=C(OCC(=O)C12CC3CC(CC(C3)C1)C2)c1cc(O)c(O)c(O)c1. The summed E-state index contributed by atoms with van der Waals surface area (Å²) in [5.74, 6) is -0.818. The Morgan fingerprint density at radius 2 is 1.44 bits per heavy atom. The van der Waals surface area contributed by atoms with E-state index in [0.717, 1.165) is 31.4 Å². The zero-order chi connectivity index (χ0) is 17.8. The summed E-state index contributed by atoms with van der Waals surface area (Å²) < 4.78 is 5.14. The Balaban J connectivity index is 1.43. The summed E-state index contributed by atoms with van der Waals surface area (Å²) in [6.45, 7) is -0.284. The molecule has 6 heteroatoms. The Bertz CT molecular complexity index is 679. The maximum absolute atomic E-state index is 12.8. The molecule has 0 radical (unpaired) electrons. The molecule has 4 aliphatic rings. The quantitative estimate of drug-likeness (QED) is 0.572. The smallest absolute Gasteiger partial charge is 0.338 e. The van der Waals surface area contributed by atoms with E-state index in [4.69, 9.17) is 4.74 Å². The summed E-state index contributed by atoms with van der Waals surface area (Å²) in [6, 6.07) is 2.01. The van der Waals surface area contributed by atoms with Gasteiger partial charge in [0.15, 0.2) is 29.6 Å². The molecule has 0 heterocycles. The molecule has 6 nitrogen and oxygen atoms in total. The number of carbonyl (C=O) groups is 2. The van der Waals surface area contributed by atoms with Crippen LogP contribution in [0.1, 0.15) is 48.9 Å². The fourth-order valence-corrected chi connectivity index (χ4v) is 5.54. The topological polar surface area (TPSA) is 104 Å². The van der Waals surface area contributed by atoms with Crippen molar-refractivity contribution in [3.63, 3.8) is 0 Å². The number of hydrogen-bond acceptors (Lipinski definition) is 6. The maximum atomic E-state index is 12.8. The fraction of sp³-hybridized carbons (Fsp3) is 0.579. The zero-order valence-corrected chi connectivity index (χ0v) is 13.9. The van der Waals surface area contributed by atoms with Gasteiger partial charge in [-0.25, -0.2) is 4.79 Å². The third kappa shape index (κ3) is 2.73. The molecular weight excluding hydrogens is 324 g/mol. The standard InChI is InChI=1S/C19H22O6/c20-14-4-13(5-15(21)17(14)23)18(24)25-9-16(22)19-6-10-1-11(7-19)3-12(2-10)8-19/h4-5,10-12,20-21,23H,1-3,6-9H2. The van der Waals surface area contributed by atoms with Crippen LogP contribution in [0.5, 0.6) is 17.2 Å². The van der Waals surface area contributed by atoms with Crippen LogP contribution in [0.3, 0.4) is 0 Å². The first-order valence-electron chi connectivity index (χ1n) is 8.82. The van der Waals surface area contributed by atoms with Crippen molar-refractivity contribution in [1.82, 2.24) is 0 Å². The van der Waals surface area contributed by atoms with Crippen LogP contribution < -0.4 is 0 Å². The highest BCUT2D eigenvalue weighted by molar-refractivity contribution is 5.94. The van der Waals surface area contributed by atoms with E-state index in [2.05, 4.69) is 0 Å². The largest absolute Gasteiger partial charge is 0.504 e. The molecule has 0 spiro atoms. The molecule has 4 fully saturated rings. The molecule has 0 amide bonds. The number of esters is 1. The molecule has 5 rings (SSSR count). The van der Waals surface area contributed by atoms with E-state index < -0.39 is 23.2 Å². The molecule has 4 aliphatic carbocycles. The maximum Gasteiger partial charge on any atom is 0.338 e. The number of carbonyl (C=O) groups excluding carboxylic acids is 2. The number of ketones is 1. The average molecular weight is 346 g/mol. The summed E-state index contributed by atoms with van der Waals surface area (Å²) >= 11 is 0. The normalized spacial score (nSPS) is 32.6. The first-order chi connectivity index (χ1) is 11.9. The van der Waals surface area contributed by atoms with Gasteiger partial charge in [0, 0.05) is 5.41 Å². The molecule has 25 heavy (non-hydrogen) atoms. The Morgan fingerprint density at radius 3 is 1.92 bits per heavy atom. The molecule has 3 N–H and O–H groups in total. The third-order valence-corrected chi connectivity index (χ3v) is 6.27. The van der Waals surface area contributed by atoms with E-state index in [0.29, 0.717) is 17.8 Å². The van der Waals surface area contributed by atoms with Gasteiger partial charge in [-0.05, 0) is 68.4 Å². The van der Waals surface area contributed by atoms with Gasteiger partial charge in [0.25, 0.3) is 0 Å². The first kappa shape index (κ1) is 16.2. The predicted octanol–water partition coefficient (Wildman–Crippen LogP) is 2.75. The number of phenols is 3. The predicted molar refractivity (Wildman–Crippen MR) is 87.3 cm³/mol. The van der Waals surface area contributed by atoms with E-state index in [1.165, 1.54) is 19.3 Å². The summed E-state index contributed by atoms with van der Waals surface area (Å²) in [6.07, 6.45) is 6.44. The molecule has 0 aliphatic heterocycles. The van der Waals surface area contributed by atoms with Crippen LogP contribution in [0.15, 0.2) is 12.1 Å². The number of ether oxygens (including phenoxy) is 1. The Morgan fingerprint density at radius 1 is 0.960 bits per heavy atom. The lowest BCUT2D eigenvalue weighted by Crippen LogP contribution is -2.51. The van der Waals surface area contributed by atoms with Gasteiger partial charge in [0.05, 0.1) is 5.56 Å². The summed E-state index contributed by atoms with van der Waals surface area (Å²) in [7, 11) is 0. The lowest BCUT2D eigenvalue weighted by atomic mass is 9.48. The zero-order valence-electron chi connectivity index (χ0n) is 13.9. The number of phenolic OH excluding ortho intramolecular Hbond substituents is 3. The summed E-state index contributed by atoms with van der Waals surface area (Å²) in [5.41, 5.74) is -0.431. The minimum absolute atomic E-state index is 0.00725. The van der Waals surface area contributed by atoms with Gasteiger partial charge < -0.3 is 20.1 Å². The number of benzene rings is 1. The lowest BCUT2D eigenvalue weighted by Gasteiger charge is -2.55. The van der Waals surface area contributed by atoms with Crippen molar-refractivity contribution in [3.05, 3.63) is 17.7 Å². The Kier molecular flexibility index (Phi) is 3.67. The van der Waals surface area contributed by atoms with Crippen molar-refractivity contribution >= 4 is 11.8 Å². The van der Waals surface area contributed by atoms with Gasteiger partial charge in [-0.3, -0.25) is 4.79 Å². The molecular formula is C19H22O6. The van der Waals surface area contributed by atoms with E-state index in [-0.39, 0.29) is 23.4 Å². The fourth-order valence-electron chi connectivity index (χ4n) is 5.54. The van der Waals surface area contributed by atoms with Crippen molar-refractivity contribution < 1.29 is 29.6 Å². The molecule has 4 bridgehead atoms. The highest BCUT2D eigenvalue weighted by atomic mass is 16.5. The molecule has 134 valence electrons. The highest BCUT2D eigenvalue weighted by Crippen LogP contribution is 2.60. The number of aromatic hydroxyl groups is 3. The molecule has 4 saturated carbocycles. The van der Waals surface area contributed by atoms with Crippen LogP contribution in [-0.4, -0.2) is 33.7 Å². The highest BCUT2D eigenvalue weighted by Gasteiger charge is 2.54. The second-order valence-electron chi connectivity index (χ2n) is 8.06. The van der Waals surface area contributed by atoms with E-state index in [1.54, 1.807) is 0 Å². The Hall–Kier alpha value is -2.24. The number of Topliss-reactive ketones (excluding diaryl/α,β-unsaturated/α-hetero) is 1. The first-order valence-corrected chi connectivity index (χ1v) is 8.82. The van der Waals surface area contributed by atoms with Crippen LogP contribution in [0, 0.1) is 23.2 Å². The van der Waals surface area contributed by atoms with E-state index in [9.17, 15) is 24.9 Å². The number of hydrogen-bond donors (Lipinski definition) is 3. The van der Waals surface area contributed by atoms with Crippen molar-refractivity contribution in [2.24, 2.45) is 23.2 Å². The molecule has 1 aromatic rings. The monoisotopic (exact) mass is 346 g/mol. The molecule has 0 atom stereocenters. The molecule has 0 saturated heterocycles. The van der Waals surface area contributed by atoms with E-state index in [1.807, 2.05) is 0 Å².